The second-order valence-electron chi connectivity index (χ2n) is 17.9. The van der Waals surface area contributed by atoms with E-state index in [2.05, 4.69) is 123 Å². The smallest absolute Gasteiger partial charge is 0.0464 e. The molecular formula is C58H68S4. The van der Waals surface area contributed by atoms with Crippen molar-refractivity contribution in [2.24, 2.45) is 0 Å². The lowest BCUT2D eigenvalue weighted by Gasteiger charge is -2.06. The number of aryl methyl sites for hydroxylation is 2. The van der Waals surface area contributed by atoms with Gasteiger partial charge in [0.25, 0.3) is 0 Å². The number of rotatable bonds is 26. The Morgan fingerprint density at radius 3 is 1.03 bits per heavy atom. The van der Waals surface area contributed by atoms with Crippen molar-refractivity contribution in [1.29, 1.82) is 0 Å². The van der Waals surface area contributed by atoms with Crippen LogP contribution in [0.3, 0.4) is 0 Å². The first-order valence-corrected chi connectivity index (χ1v) is 27.7. The van der Waals surface area contributed by atoms with Crippen molar-refractivity contribution in [3.8, 4) is 40.4 Å². The number of hydrogen-bond donors (Lipinski definition) is 0. The highest BCUT2D eigenvalue weighted by Gasteiger charge is 2.19. The summed E-state index contributed by atoms with van der Waals surface area (Å²) in [5, 5.41) is 5.30. The molecule has 8 aromatic rings. The molecule has 0 N–H and O–H groups in total. The average Bonchev–Trinajstić information content (AvgIpc) is 4.11. The fourth-order valence-corrected chi connectivity index (χ4v) is 14.3. The van der Waals surface area contributed by atoms with Crippen molar-refractivity contribution in [2.45, 2.75) is 155 Å². The fraction of sp³-hybridized carbons (Fsp3) is 0.414. The molecule has 4 aromatic carbocycles. The summed E-state index contributed by atoms with van der Waals surface area (Å²) < 4.78 is 2.85. The molecule has 0 aliphatic carbocycles. The van der Waals surface area contributed by atoms with Gasteiger partial charge in [0.15, 0.2) is 0 Å². The lowest BCUT2D eigenvalue weighted by molar-refractivity contribution is 0.556. The van der Waals surface area contributed by atoms with Gasteiger partial charge in [0, 0.05) is 38.7 Å². The summed E-state index contributed by atoms with van der Waals surface area (Å²) in [6.07, 6.45) is 29.9. The van der Waals surface area contributed by atoms with Crippen LogP contribution in [0.2, 0.25) is 0 Å². The predicted octanol–water partition coefficient (Wildman–Crippen LogP) is 21.0. The summed E-state index contributed by atoms with van der Waals surface area (Å²) in [6, 6.07) is 41.9. The van der Waals surface area contributed by atoms with Crippen LogP contribution in [0.25, 0.3) is 71.3 Å². The molecule has 8 rings (SSSR count). The van der Waals surface area contributed by atoms with Gasteiger partial charge in [-0.1, -0.05) is 202 Å². The summed E-state index contributed by atoms with van der Waals surface area (Å²) in [7, 11) is 0. The third-order valence-corrected chi connectivity index (χ3v) is 18.1. The highest BCUT2D eigenvalue weighted by Crippen LogP contribution is 2.49. The first-order chi connectivity index (χ1) is 30.7. The van der Waals surface area contributed by atoms with Gasteiger partial charge in [-0.05, 0) is 106 Å². The summed E-state index contributed by atoms with van der Waals surface area (Å²) in [5.74, 6) is 0. The standard InChI is InChI=1S/C58H68S4/c1-3-5-7-9-11-13-15-17-19-21-31-47-39-51(61-57(47)49-35-33-43-27-23-25-29-45(43)37-49)53-41-55-56(59-53)42-54(60-55)52-40-48(32-22-20-18-16-14-12-10-8-6-4-2)58(62-52)50-36-34-44-28-24-26-30-46(44)38-50/h23-30,33-42H,3-22,31-32H2,1-2H3. The Kier molecular flexibility index (Phi) is 17.0. The fourth-order valence-electron chi connectivity index (χ4n) is 9.31. The molecule has 4 heterocycles. The molecule has 0 saturated carbocycles. The Labute approximate surface area is 389 Å². The van der Waals surface area contributed by atoms with Crippen molar-refractivity contribution in [3.63, 3.8) is 0 Å². The Hall–Kier alpha value is -3.54. The maximum absolute atomic E-state index is 2.55. The van der Waals surface area contributed by atoms with E-state index < -0.39 is 0 Å². The van der Waals surface area contributed by atoms with Crippen LogP contribution >= 0.6 is 45.3 Å². The lowest BCUT2D eigenvalue weighted by atomic mass is 10.00. The highest BCUT2D eigenvalue weighted by atomic mass is 32.1. The van der Waals surface area contributed by atoms with Crippen LogP contribution in [-0.2, 0) is 12.8 Å². The Morgan fingerprint density at radius 1 is 0.306 bits per heavy atom. The van der Waals surface area contributed by atoms with E-state index in [-0.39, 0.29) is 0 Å². The molecule has 0 fully saturated rings. The molecule has 4 heteroatoms. The zero-order valence-corrected chi connectivity index (χ0v) is 40.8. The molecule has 0 amide bonds. The van der Waals surface area contributed by atoms with E-state index in [4.69, 9.17) is 0 Å². The van der Waals surface area contributed by atoms with E-state index in [1.165, 1.54) is 224 Å². The van der Waals surface area contributed by atoms with Crippen LogP contribution in [0.15, 0.2) is 109 Å². The molecule has 0 nitrogen and oxygen atoms in total. The van der Waals surface area contributed by atoms with Gasteiger partial charge in [0.1, 0.15) is 0 Å². The number of unbranched alkanes of at least 4 members (excludes halogenated alkanes) is 18. The monoisotopic (exact) mass is 892 g/mol. The second-order valence-corrected chi connectivity index (χ2v) is 22.1. The predicted molar refractivity (Wildman–Crippen MR) is 283 cm³/mol. The molecule has 0 unspecified atom stereocenters. The third-order valence-electron chi connectivity index (χ3n) is 12.9. The van der Waals surface area contributed by atoms with Gasteiger partial charge in [0.2, 0.25) is 0 Å². The molecule has 0 spiro atoms. The van der Waals surface area contributed by atoms with Crippen LogP contribution in [0.5, 0.6) is 0 Å². The summed E-state index contributed by atoms with van der Waals surface area (Å²) >= 11 is 8.01. The van der Waals surface area contributed by atoms with Crippen molar-refractivity contribution in [3.05, 3.63) is 120 Å². The summed E-state index contributed by atoms with van der Waals surface area (Å²) in [5.41, 5.74) is 5.81. The molecule has 0 bridgehead atoms. The van der Waals surface area contributed by atoms with Crippen LogP contribution in [0.1, 0.15) is 153 Å². The van der Waals surface area contributed by atoms with E-state index in [1.54, 1.807) is 0 Å². The Balaban J connectivity index is 0.983. The summed E-state index contributed by atoms with van der Waals surface area (Å²) in [6.45, 7) is 4.62. The summed E-state index contributed by atoms with van der Waals surface area (Å²) in [4.78, 5) is 8.63. The van der Waals surface area contributed by atoms with Gasteiger partial charge in [-0.25, -0.2) is 0 Å². The van der Waals surface area contributed by atoms with Crippen molar-refractivity contribution >= 4 is 76.3 Å². The van der Waals surface area contributed by atoms with E-state index in [0.29, 0.717) is 0 Å². The number of benzene rings is 4. The SMILES string of the molecule is CCCCCCCCCCCCc1cc(-c2cc3sc(-c4cc(CCCCCCCCCCCC)c(-c5ccc6ccccc6c5)s4)cc3s2)sc1-c1ccc2ccccc2c1. The maximum atomic E-state index is 2.55. The molecule has 0 atom stereocenters. The Morgan fingerprint density at radius 2 is 0.645 bits per heavy atom. The molecule has 324 valence electrons. The molecule has 0 aliphatic heterocycles. The zero-order valence-electron chi connectivity index (χ0n) is 37.6. The molecule has 0 aliphatic rings. The molecule has 4 aromatic heterocycles. The minimum absolute atomic E-state index is 1.17. The van der Waals surface area contributed by atoms with E-state index in [0.717, 1.165) is 0 Å². The minimum Gasteiger partial charge on any atom is -0.134 e. The van der Waals surface area contributed by atoms with E-state index in [1.807, 2.05) is 45.3 Å². The number of fused-ring (bicyclic) bond motifs is 3. The first kappa shape index (κ1) is 45.0. The van der Waals surface area contributed by atoms with Gasteiger partial charge in [-0.2, -0.15) is 0 Å². The normalized spacial score (nSPS) is 11.8. The van der Waals surface area contributed by atoms with Crippen LogP contribution in [0, 0.1) is 0 Å². The van der Waals surface area contributed by atoms with Crippen LogP contribution < -0.4 is 0 Å². The topological polar surface area (TPSA) is 0 Å². The van der Waals surface area contributed by atoms with Gasteiger partial charge >= 0.3 is 0 Å². The molecule has 0 saturated heterocycles. The lowest BCUT2D eigenvalue weighted by Crippen LogP contribution is -1.88. The maximum Gasteiger partial charge on any atom is 0.0464 e. The number of hydrogen-bond acceptors (Lipinski definition) is 4. The van der Waals surface area contributed by atoms with Gasteiger partial charge in [-0.3, -0.25) is 0 Å². The second kappa shape index (κ2) is 23.4. The third kappa shape index (κ3) is 12.0. The van der Waals surface area contributed by atoms with Crippen LogP contribution in [-0.4, -0.2) is 0 Å². The van der Waals surface area contributed by atoms with Gasteiger partial charge in [-0.15, -0.1) is 45.3 Å². The number of thiophene rings is 4. The van der Waals surface area contributed by atoms with Crippen molar-refractivity contribution in [1.82, 2.24) is 0 Å². The molecule has 0 radical (unpaired) electrons. The molecular weight excluding hydrogens is 825 g/mol. The van der Waals surface area contributed by atoms with E-state index in [9.17, 15) is 0 Å². The largest absolute Gasteiger partial charge is 0.134 e. The highest BCUT2D eigenvalue weighted by molar-refractivity contribution is 7.33. The average molecular weight is 893 g/mol. The van der Waals surface area contributed by atoms with Crippen LogP contribution in [0.4, 0.5) is 0 Å². The van der Waals surface area contributed by atoms with E-state index >= 15 is 0 Å². The molecule has 62 heavy (non-hydrogen) atoms. The van der Waals surface area contributed by atoms with Crippen molar-refractivity contribution in [2.75, 3.05) is 0 Å². The van der Waals surface area contributed by atoms with Crippen molar-refractivity contribution < 1.29 is 0 Å². The van der Waals surface area contributed by atoms with Gasteiger partial charge in [0.05, 0.1) is 0 Å². The minimum atomic E-state index is 1.17. The Bertz CT molecular complexity index is 2380. The zero-order chi connectivity index (χ0) is 42.4. The quantitative estimate of drug-likeness (QED) is 0.0475. The van der Waals surface area contributed by atoms with Gasteiger partial charge < -0.3 is 0 Å². The first-order valence-electron chi connectivity index (χ1n) is 24.4.